The number of fused-ring (bicyclic) bond motifs is 2. The summed E-state index contributed by atoms with van der Waals surface area (Å²) in [5.74, 6) is 2.22. The number of hydrogen-bond donors (Lipinski definition) is 2. The van der Waals surface area contributed by atoms with Gasteiger partial charge in [0.1, 0.15) is 10.5 Å². The van der Waals surface area contributed by atoms with Gasteiger partial charge in [0, 0.05) is 42.2 Å². The summed E-state index contributed by atoms with van der Waals surface area (Å²) in [5.41, 5.74) is 1.61. The first-order chi connectivity index (χ1) is 17.1. The van der Waals surface area contributed by atoms with Crippen LogP contribution in [0.2, 0.25) is 0 Å². The molecular formula is C24H21N7O3S. The lowest BCUT2D eigenvalue weighted by molar-refractivity contribution is -0.122. The third kappa shape index (κ3) is 4.03. The lowest BCUT2D eigenvalue weighted by Gasteiger charge is -2.35. The smallest absolute Gasteiger partial charge is 0.233 e. The van der Waals surface area contributed by atoms with E-state index in [9.17, 15) is 4.79 Å². The fourth-order valence-corrected chi connectivity index (χ4v) is 5.15. The van der Waals surface area contributed by atoms with Crippen LogP contribution >= 0.6 is 11.3 Å². The minimum absolute atomic E-state index is 0.0327. The molecule has 1 aliphatic rings. The average Bonchev–Trinajstić information content (AvgIpc) is 3.46. The van der Waals surface area contributed by atoms with Crippen LogP contribution in [0.4, 0.5) is 10.9 Å². The van der Waals surface area contributed by atoms with E-state index in [2.05, 4.69) is 35.7 Å². The van der Waals surface area contributed by atoms with Gasteiger partial charge in [0.25, 0.3) is 0 Å². The van der Waals surface area contributed by atoms with Crippen LogP contribution in [-0.2, 0) is 4.79 Å². The molecule has 5 aromatic rings. The summed E-state index contributed by atoms with van der Waals surface area (Å²) in [4.78, 5) is 30.3. The van der Waals surface area contributed by atoms with Crippen LogP contribution in [0.1, 0.15) is 18.7 Å². The Bertz CT molecular complexity index is 1560. The molecule has 1 aromatic carbocycles. The number of anilines is 2. The van der Waals surface area contributed by atoms with Gasteiger partial charge >= 0.3 is 0 Å². The van der Waals surface area contributed by atoms with Gasteiger partial charge in [-0.3, -0.25) is 4.79 Å². The molecule has 6 rings (SSSR count). The van der Waals surface area contributed by atoms with Crippen LogP contribution in [0.25, 0.3) is 32.4 Å². The Morgan fingerprint density at radius 2 is 2.00 bits per heavy atom. The Labute approximate surface area is 203 Å². The molecule has 0 spiro atoms. The minimum atomic E-state index is -0.0904. The largest absolute Gasteiger partial charge is 0.480 e. The van der Waals surface area contributed by atoms with Crippen LogP contribution in [0, 0.1) is 12.8 Å². The van der Waals surface area contributed by atoms with Gasteiger partial charge in [0.2, 0.25) is 23.5 Å². The first kappa shape index (κ1) is 21.4. The third-order valence-corrected chi connectivity index (χ3v) is 7.07. The molecule has 11 heteroatoms. The van der Waals surface area contributed by atoms with Crippen molar-refractivity contribution in [1.29, 1.82) is 0 Å². The fraction of sp³-hybridized carbons (Fsp3) is 0.250. The van der Waals surface area contributed by atoms with Crippen molar-refractivity contribution in [2.24, 2.45) is 5.92 Å². The SMILES string of the molecule is COc1nccc2nc(NC(=O)C3CC(Nc4nccc5ccc(-c6noc(C)n6)cc45)C3)sc12. The molecule has 4 heterocycles. The van der Waals surface area contributed by atoms with Crippen LogP contribution in [0.15, 0.2) is 47.2 Å². The predicted molar refractivity (Wildman–Crippen MR) is 133 cm³/mol. The summed E-state index contributed by atoms with van der Waals surface area (Å²) in [6.45, 7) is 1.76. The molecule has 1 aliphatic carbocycles. The van der Waals surface area contributed by atoms with Gasteiger partial charge in [-0.15, -0.1) is 0 Å². The van der Waals surface area contributed by atoms with Crippen molar-refractivity contribution in [2.45, 2.75) is 25.8 Å². The highest BCUT2D eigenvalue weighted by Crippen LogP contribution is 2.36. The first-order valence-electron chi connectivity index (χ1n) is 11.1. The molecule has 1 fully saturated rings. The van der Waals surface area contributed by atoms with Crippen molar-refractivity contribution in [2.75, 3.05) is 17.7 Å². The molecule has 0 atom stereocenters. The van der Waals surface area contributed by atoms with E-state index in [1.165, 1.54) is 11.3 Å². The van der Waals surface area contributed by atoms with Gasteiger partial charge in [-0.05, 0) is 36.4 Å². The van der Waals surface area contributed by atoms with Crippen LogP contribution in [-0.4, -0.2) is 44.2 Å². The van der Waals surface area contributed by atoms with Gasteiger partial charge in [-0.2, -0.15) is 4.98 Å². The number of aryl methyl sites for hydroxylation is 1. The van der Waals surface area contributed by atoms with E-state index in [4.69, 9.17) is 9.26 Å². The van der Waals surface area contributed by atoms with E-state index >= 15 is 0 Å². The summed E-state index contributed by atoms with van der Waals surface area (Å²) in [6.07, 6.45) is 4.84. The Hall–Kier alpha value is -4.12. The average molecular weight is 488 g/mol. The second-order valence-electron chi connectivity index (χ2n) is 8.42. The van der Waals surface area contributed by atoms with Gasteiger partial charge in [0.15, 0.2) is 5.13 Å². The van der Waals surface area contributed by atoms with Crippen molar-refractivity contribution >= 4 is 49.2 Å². The van der Waals surface area contributed by atoms with Crippen molar-refractivity contribution in [3.63, 3.8) is 0 Å². The number of methoxy groups -OCH3 is 1. The highest BCUT2D eigenvalue weighted by molar-refractivity contribution is 7.22. The normalized spacial score (nSPS) is 17.3. The Morgan fingerprint density at radius 3 is 2.80 bits per heavy atom. The molecular weight excluding hydrogens is 466 g/mol. The molecule has 0 aliphatic heterocycles. The van der Waals surface area contributed by atoms with Crippen LogP contribution < -0.4 is 15.4 Å². The molecule has 1 amide bonds. The Morgan fingerprint density at radius 1 is 1.14 bits per heavy atom. The molecule has 4 aromatic heterocycles. The predicted octanol–water partition coefficient (Wildman–Crippen LogP) is 4.44. The number of pyridine rings is 2. The van der Waals surface area contributed by atoms with Crippen molar-refractivity contribution in [3.8, 4) is 17.3 Å². The van der Waals surface area contributed by atoms with E-state index in [1.807, 2.05) is 24.3 Å². The fourth-order valence-electron chi connectivity index (χ4n) is 4.22. The van der Waals surface area contributed by atoms with Gasteiger partial charge < -0.3 is 19.9 Å². The number of benzene rings is 1. The molecule has 2 N–H and O–H groups in total. The number of carbonyl (C=O) groups is 1. The number of hydrogen-bond acceptors (Lipinski definition) is 10. The highest BCUT2D eigenvalue weighted by Gasteiger charge is 2.35. The molecule has 0 saturated heterocycles. The van der Waals surface area contributed by atoms with E-state index in [0.29, 0.717) is 35.6 Å². The Kier molecular flexibility index (Phi) is 5.25. The molecule has 0 unspecified atom stereocenters. The van der Waals surface area contributed by atoms with Crippen molar-refractivity contribution < 1.29 is 14.1 Å². The summed E-state index contributed by atoms with van der Waals surface area (Å²) in [5, 5.41) is 13.0. The maximum absolute atomic E-state index is 12.8. The number of nitrogens with zero attached hydrogens (tertiary/aromatic N) is 5. The molecule has 176 valence electrons. The summed E-state index contributed by atoms with van der Waals surface area (Å²) < 4.78 is 11.2. The van der Waals surface area contributed by atoms with Gasteiger partial charge in [-0.25, -0.2) is 15.0 Å². The number of rotatable bonds is 6. The summed E-state index contributed by atoms with van der Waals surface area (Å²) in [6, 6.07) is 9.91. The van der Waals surface area contributed by atoms with E-state index < -0.39 is 0 Å². The number of nitrogens with one attached hydrogen (secondary N) is 2. The maximum atomic E-state index is 12.8. The second-order valence-corrected chi connectivity index (χ2v) is 9.42. The topological polar surface area (TPSA) is 128 Å². The molecule has 10 nitrogen and oxygen atoms in total. The number of thiazole rings is 1. The highest BCUT2D eigenvalue weighted by atomic mass is 32.1. The molecule has 1 saturated carbocycles. The maximum Gasteiger partial charge on any atom is 0.233 e. The number of aromatic nitrogens is 5. The first-order valence-corrected chi connectivity index (χ1v) is 12.0. The van der Waals surface area contributed by atoms with E-state index in [-0.39, 0.29) is 17.9 Å². The van der Waals surface area contributed by atoms with Crippen LogP contribution in [0.5, 0.6) is 5.88 Å². The molecule has 35 heavy (non-hydrogen) atoms. The lowest BCUT2D eigenvalue weighted by atomic mass is 9.79. The number of amides is 1. The van der Waals surface area contributed by atoms with E-state index in [1.54, 1.807) is 32.5 Å². The number of carbonyl (C=O) groups excluding carboxylic acids is 1. The lowest BCUT2D eigenvalue weighted by Crippen LogP contribution is -2.42. The number of ether oxygens (including phenoxy) is 1. The minimum Gasteiger partial charge on any atom is -0.480 e. The zero-order chi connectivity index (χ0) is 23.9. The molecule has 0 bridgehead atoms. The van der Waals surface area contributed by atoms with Crippen molar-refractivity contribution in [3.05, 3.63) is 48.6 Å². The van der Waals surface area contributed by atoms with Gasteiger partial charge in [0.05, 0.1) is 12.6 Å². The standard InChI is InChI=1S/C24H21N7O3S/c1-12-27-20(31-34-12)14-4-3-13-5-7-25-21(17(13)11-14)28-16-9-15(10-16)22(32)30-24-29-18-6-8-26-23(33-2)19(18)35-24/h3-8,11,15-16H,9-10H2,1-2H3,(H,25,28)(H,29,30,32). The Balaban J connectivity index is 1.13. The zero-order valence-corrected chi connectivity index (χ0v) is 19.8. The zero-order valence-electron chi connectivity index (χ0n) is 19.0. The summed E-state index contributed by atoms with van der Waals surface area (Å²) >= 11 is 1.36. The second kappa shape index (κ2) is 8.58. The van der Waals surface area contributed by atoms with Crippen LogP contribution in [0.3, 0.4) is 0 Å². The van der Waals surface area contributed by atoms with E-state index in [0.717, 1.165) is 32.4 Å². The monoisotopic (exact) mass is 487 g/mol. The quantitative estimate of drug-likeness (QED) is 0.357. The summed E-state index contributed by atoms with van der Waals surface area (Å²) in [7, 11) is 1.57. The molecule has 0 radical (unpaired) electrons. The van der Waals surface area contributed by atoms with Crippen molar-refractivity contribution in [1.82, 2.24) is 25.1 Å². The third-order valence-electron chi connectivity index (χ3n) is 6.10. The van der Waals surface area contributed by atoms with Gasteiger partial charge in [-0.1, -0.05) is 28.6 Å².